The Labute approximate surface area is 191 Å². The molecular weight excluding hydrogens is 470 g/mol. The van der Waals surface area contributed by atoms with Gasteiger partial charge in [-0.2, -0.15) is 0 Å². The van der Waals surface area contributed by atoms with E-state index in [1.807, 2.05) is 6.92 Å². The minimum Gasteiger partial charge on any atom is -0.396 e. The molecule has 3 rings (SSSR count). The highest BCUT2D eigenvalue weighted by molar-refractivity contribution is 9.09. The van der Waals surface area contributed by atoms with Gasteiger partial charge in [0.1, 0.15) is 6.04 Å². The number of thioether (sulfide) groups is 1. The van der Waals surface area contributed by atoms with E-state index in [0.29, 0.717) is 19.4 Å². The number of carbonyl (C=O) groups is 3. The number of aliphatic hydroxyl groups is 1. The zero-order valence-corrected chi connectivity index (χ0v) is 20.4. The Morgan fingerprint density at radius 2 is 2.07 bits per heavy atom. The second kappa shape index (κ2) is 9.77. The molecule has 3 N–H and O–H groups in total. The first kappa shape index (κ1) is 23.9. The molecule has 3 saturated heterocycles. The van der Waals surface area contributed by atoms with E-state index in [0.717, 1.165) is 25.7 Å². The lowest BCUT2D eigenvalue weighted by Gasteiger charge is -2.35. The van der Waals surface area contributed by atoms with E-state index in [-0.39, 0.29) is 40.4 Å². The van der Waals surface area contributed by atoms with Crippen molar-refractivity contribution < 1.29 is 19.5 Å². The fourth-order valence-corrected chi connectivity index (χ4v) is 9.15. The fraction of sp³-hybridized carbons (Fsp3) is 0.857. The van der Waals surface area contributed by atoms with E-state index in [9.17, 15) is 14.4 Å². The SMILES string of the molecule is CCCC(C)NC(=O)C1N(CCCCCO)C(=O)[C@@H]2[C@@H](C(=O)NC)[C@@H]3SC12CC3Br. The molecule has 2 bridgehead atoms. The van der Waals surface area contributed by atoms with Crippen molar-refractivity contribution in [3.63, 3.8) is 0 Å². The second-order valence-corrected chi connectivity index (χ2v) is 11.5. The standard InChI is InChI=1S/C21H34BrN3O4S/c1-4-8-12(2)24-19(28)17-21-11-13(22)16(30-21)14(18(27)23-3)15(21)20(29)25(17)9-6-5-7-10-26/h12-17,26H,4-11H2,1-3H3,(H,23,27)(H,24,28)/t12?,13?,14-,15+,16-,17?,21?/m1/s1. The zero-order chi connectivity index (χ0) is 22.1. The number of aliphatic hydroxyl groups excluding tert-OH is 1. The maximum atomic E-state index is 13.6. The third-order valence-corrected chi connectivity index (χ3v) is 9.97. The van der Waals surface area contributed by atoms with Gasteiger partial charge in [0.2, 0.25) is 17.7 Å². The molecule has 9 heteroatoms. The van der Waals surface area contributed by atoms with E-state index < -0.39 is 22.6 Å². The number of hydrogen-bond donors (Lipinski definition) is 3. The average molecular weight is 504 g/mol. The van der Waals surface area contributed by atoms with Gasteiger partial charge in [-0.25, -0.2) is 0 Å². The lowest BCUT2D eigenvalue weighted by Crippen LogP contribution is -2.56. The number of alkyl halides is 1. The molecular formula is C21H34BrN3O4S. The van der Waals surface area contributed by atoms with Crippen LogP contribution in [0.2, 0.25) is 0 Å². The van der Waals surface area contributed by atoms with E-state index in [4.69, 9.17) is 5.11 Å². The van der Waals surface area contributed by atoms with Crippen LogP contribution in [-0.4, -0.2) is 74.8 Å². The lowest BCUT2D eigenvalue weighted by atomic mass is 9.70. The summed E-state index contributed by atoms with van der Waals surface area (Å²) in [4.78, 5) is 41.6. The third-order valence-electron chi connectivity index (χ3n) is 6.75. The molecule has 0 saturated carbocycles. The summed E-state index contributed by atoms with van der Waals surface area (Å²) in [5.41, 5.74) is 0. The monoisotopic (exact) mass is 503 g/mol. The fourth-order valence-electron chi connectivity index (χ4n) is 5.53. The molecule has 3 amide bonds. The molecule has 0 aliphatic carbocycles. The molecule has 3 heterocycles. The molecule has 3 aliphatic heterocycles. The van der Waals surface area contributed by atoms with Crippen LogP contribution in [0.15, 0.2) is 0 Å². The van der Waals surface area contributed by atoms with Gasteiger partial charge in [-0.05, 0) is 39.0 Å². The number of carbonyl (C=O) groups excluding carboxylic acids is 3. The van der Waals surface area contributed by atoms with Crippen molar-refractivity contribution in [3.05, 3.63) is 0 Å². The maximum absolute atomic E-state index is 13.6. The van der Waals surface area contributed by atoms with Crippen LogP contribution in [-0.2, 0) is 14.4 Å². The largest absolute Gasteiger partial charge is 0.396 e. The van der Waals surface area contributed by atoms with Crippen LogP contribution in [0.5, 0.6) is 0 Å². The summed E-state index contributed by atoms with van der Waals surface area (Å²) in [7, 11) is 1.61. The van der Waals surface area contributed by atoms with Crippen LogP contribution in [0, 0.1) is 11.8 Å². The van der Waals surface area contributed by atoms with Gasteiger partial charge in [0.15, 0.2) is 0 Å². The summed E-state index contributed by atoms with van der Waals surface area (Å²) in [5, 5.41) is 14.9. The molecule has 4 unspecified atom stereocenters. The van der Waals surface area contributed by atoms with Gasteiger partial charge in [-0.15, -0.1) is 11.8 Å². The number of nitrogens with one attached hydrogen (secondary N) is 2. The van der Waals surface area contributed by atoms with E-state index in [1.54, 1.807) is 23.7 Å². The number of rotatable bonds is 10. The summed E-state index contributed by atoms with van der Waals surface area (Å²) in [5.74, 6) is -1.16. The van der Waals surface area contributed by atoms with Crippen molar-refractivity contribution in [2.24, 2.45) is 11.8 Å². The molecule has 30 heavy (non-hydrogen) atoms. The van der Waals surface area contributed by atoms with Crippen molar-refractivity contribution in [2.75, 3.05) is 20.2 Å². The van der Waals surface area contributed by atoms with Crippen molar-refractivity contribution in [2.45, 2.75) is 79.3 Å². The molecule has 3 fully saturated rings. The van der Waals surface area contributed by atoms with Crippen LogP contribution >= 0.6 is 27.7 Å². The first-order chi connectivity index (χ1) is 14.3. The van der Waals surface area contributed by atoms with Crippen LogP contribution in [0.1, 0.15) is 52.4 Å². The Balaban J connectivity index is 1.92. The van der Waals surface area contributed by atoms with Gasteiger partial charge in [0, 0.05) is 36.3 Å². The summed E-state index contributed by atoms with van der Waals surface area (Å²) in [6, 6.07) is -0.518. The number of amides is 3. The van der Waals surface area contributed by atoms with Gasteiger partial charge >= 0.3 is 0 Å². The van der Waals surface area contributed by atoms with Gasteiger partial charge in [-0.3, -0.25) is 14.4 Å². The van der Waals surface area contributed by atoms with Crippen molar-refractivity contribution in [3.8, 4) is 0 Å². The topological polar surface area (TPSA) is 98.7 Å². The van der Waals surface area contributed by atoms with Crippen molar-refractivity contribution >= 4 is 45.4 Å². The maximum Gasteiger partial charge on any atom is 0.244 e. The molecule has 0 radical (unpaired) electrons. The highest BCUT2D eigenvalue weighted by Gasteiger charge is 2.75. The molecule has 7 atom stereocenters. The quantitative estimate of drug-likeness (QED) is 0.311. The molecule has 7 nitrogen and oxygen atoms in total. The highest BCUT2D eigenvalue weighted by atomic mass is 79.9. The summed E-state index contributed by atoms with van der Waals surface area (Å²) in [6.07, 6.45) is 4.79. The Hall–Kier alpha value is -0.800. The molecule has 3 aliphatic rings. The van der Waals surface area contributed by atoms with E-state index in [1.165, 1.54) is 0 Å². The molecule has 1 spiro atoms. The molecule has 170 valence electrons. The summed E-state index contributed by atoms with van der Waals surface area (Å²) >= 11 is 5.41. The normalized spacial score (nSPS) is 35.4. The number of hydrogen-bond acceptors (Lipinski definition) is 5. The van der Waals surface area contributed by atoms with Gasteiger partial charge < -0.3 is 20.6 Å². The third kappa shape index (κ3) is 4.01. The van der Waals surface area contributed by atoms with Gasteiger partial charge in [0.05, 0.1) is 16.6 Å². The van der Waals surface area contributed by atoms with Crippen molar-refractivity contribution in [1.82, 2.24) is 15.5 Å². The van der Waals surface area contributed by atoms with Crippen LogP contribution in [0.4, 0.5) is 0 Å². The highest BCUT2D eigenvalue weighted by Crippen LogP contribution is 2.67. The average Bonchev–Trinajstić information content (AvgIpc) is 3.28. The molecule has 0 aromatic heterocycles. The molecule has 0 aromatic carbocycles. The minimum absolute atomic E-state index is 0.00111. The Bertz CT molecular complexity index is 681. The number of halogens is 1. The Morgan fingerprint density at radius 3 is 2.70 bits per heavy atom. The van der Waals surface area contributed by atoms with Gasteiger partial charge in [-0.1, -0.05) is 29.3 Å². The predicted molar refractivity (Wildman–Crippen MR) is 121 cm³/mol. The number of nitrogens with zero attached hydrogens (tertiary/aromatic N) is 1. The van der Waals surface area contributed by atoms with Crippen molar-refractivity contribution in [1.29, 1.82) is 0 Å². The summed E-state index contributed by atoms with van der Waals surface area (Å²) in [6.45, 7) is 4.69. The summed E-state index contributed by atoms with van der Waals surface area (Å²) < 4.78 is -0.569. The van der Waals surface area contributed by atoms with Crippen LogP contribution in [0.3, 0.4) is 0 Å². The minimum atomic E-state index is -0.569. The first-order valence-electron chi connectivity index (χ1n) is 11.1. The lowest BCUT2D eigenvalue weighted by molar-refractivity contribution is -0.140. The smallest absolute Gasteiger partial charge is 0.244 e. The number of fused-ring (bicyclic) bond motifs is 1. The van der Waals surface area contributed by atoms with Gasteiger partial charge in [0.25, 0.3) is 0 Å². The Kier molecular flexibility index (Phi) is 7.77. The molecule has 0 aromatic rings. The zero-order valence-electron chi connectivity index (χ0n) is 18.0. The van der Waals surface area contributed by atoms with E-state index in [2.05, 4.69) is 33.5 Å². The first-order valence-corrected chi connectivity index (χ1v) is 12.9. The number of unbranched alkanes of at least 4 members (excludes halogenated alkanes) is 2. The van der Waals surface area contributed by atoms with E-state index >= 15 is 0 Å². The second-order valence-electron chi connectivity index (χ2n) is 8.79. The van der Waals surface area contributed by atoms with Crippen LogP contribution < -0.4 is 10.6 Å². The van der Waals surface area contributed by atoms with Crippen LogP contribution in [0.25, 0.3) is 0 Å². The number of likely N-dealkylation sites (tertiary alicyclic amines) is 1. The Morgan fingerprint density at radius 1 is 1.33 bits per heavy atom. The predicted octanol–water partition coefficient (Wildman–Crippen LogP) is 1.66.